The van der Waals surface area contributed by atoms with Gasteiger partial charge in [-0.05, 0) is 23.3 Å². The van der Waals surface area contributed by atoms with Crippen molar-refractivity contribution in [1.29, 1.82) is 0 Å². The summed E-state index contributed by atoms with van der Waals surface area (Å²) in [5.74, 6) is 5.29. The molecule has 0 saturated heterocycles. The molecule has 3 heteroatoms. The average molecular weight is 212 g/mol. The molecule has 3 N–H and O–H groups in total. The Labute approximate surface area is 93.9 Å². The number of hydrazine groups is 1. The number of rotatable bonds is 3. The number of nitrogens with one attached hydrogen (secondary N) is 1. The van der Waals surface area contributed by atoms with Crippen molar-refractivity contribution in [1.82, 2.24) is 0 Å². The Hall–Kier alpha value is -2.13. The highest BCUT2D eigenvalue weighted by molar-refractivity contribution is 5.77. The monoisotopic (exact) mass is 212 g/mol. The maximum Gasteiger partial charge on any atom is 0.150 e. The number of anilines is 1. The van der Waals surface area contributed by atoms with Crippen molar-refractivity contribution < 1.29 is 4.79 Å². The summed E-state index contributed by atoms with van der Waals surface area (Å²) >= 11 is 0. The van der Waals surface area contributed by atoms with Gasteiger partial charge in [0, 0.05) is 11.3 Å². The zero-order valence-corrected chi connectivity index (χ0v) is 8.68. The summed E-state index contributed by atoms with van der Waals surface area (Å²) in [6.07, 6.45) is 0.839. The van der Waals surface area contributed by atoms with Crippen LogP contribution in [0.25, 0.3) is 11.1 Å². The quantitative estimate of drug-likeness (QED) is 0.467. The van der Waals surface area contributed by atoms with E-state index in [9.17, 15) is 4.79 Å². The van der Waals surface area contributed by atoms with Crippen LogP contribution in [0.3, 0.4) is 0 Å². The molecule has 0 saturated carbocycles. The van der Waals surface area contributed by atoms with Crippen LogP contribution in [-0.4, -0.2) is 6.29 Å². The third-order valence-corrected chi connectivity index (χ3v) is 2.43. The van der Waals surface area contributed by atoms with Gasteiger partial charge in [-0.1, -0.05) is 36.4 Å². The van der Waals surface area contributed by atoms with Gasteiger partial charge in [0.25, 0.3) is 0 Å². The van der Waals surface area contributed by atoms with Gasteiger partial charge in [-0.15, -0.1) is 0 Å². The lowest BCUT2D eigenvalue weighted by Crippen LogP contribution is -2.05. The molecule has 0 heterocycles. The maximum atomic E-state index is 10.5. The molecule has 0 aliphatic carbocycles. The van der Waals surface area contributed by atoms with Crippen molar-refractivity contribution in [2.75, 3.05) is 5.43 Å². The molecule has 2 rings (SSSR count). The minimum Gasteiger partial charge on any atom is -0.324 e. The Kier molecular flexibility index (Phi) is 2.98. The summed E-state index contributed by atoms with van der Waals surface area (Å²) in [6, 6.07) is 15.2. The molecule has 0 aliphatic heterocycles. The minimum absolute atomic E-state index is 0.684. The molecule has 3 nitrogen and oxygen atoms in total. The van der Waals surface area contributed by atoms with E-state index in [1.165, 1.54) is 0 Å². The van der Waals surface area contributed by atoms with Crippen LogP contribution in [0.4, 0.5) is 5.69 Å². The number of hydrogen-bond donors (Lipinski definition) is 2. The first-order valence-corrected chi connectivity index (χ1v) is 4.96. The summed E-state index contributed by atoms with van der Waals surface area (Å²) in [6.45, 7) is 0. The van der Waals surface area contributed by atoms with E-state index in [-0.39, 0.29) is 0 Å². The molecule has 0 spiro atoms. The third kappa shape index (κ3) is 2.10. The summed E-state index contributed by atoms with van der Waals surface area (Å²) < 4.78 is 0. The number of carbonyl (C=O) groups excluding carboxylic acids is 1. The van der Waals surface area contributed by atoms with Crippen LogP contribution < -0.4 is 11.3 Å². The van der Waals surface area contributed by atoms with E-state index in [0.29, 0.717) is 5.56 Å². The predicted octanol–water partition coefficient (Wildman–Crippen LogP) is 2.45. The lowest BCUT2D eigenvalue weighted by atomic mass is 10.0. The standard InChI is InChI=1S/C13H12N2O/c14-15-13-7-5-12(6-8-13)11-3-1-10(9-16)2-4-11/h1-9,15H,14H2. The molecule has 0 amide bonds. The Morgan fingerprint density at radius 1 is 0.875 bits per heavy atom. The smallest absolute Gasteiger partial charge is 0.150 e. The molecule has 0 radical (unpaired) electrons. The fraction of sp³-hybridized carbons (Fsp3) is 0. The van der Waals surface area contributed by atoms with Crippen LogP contribution in [-0.2, 0) is 0 Å². The minimum atomic E-state index is 0.684. The van der Waals surface area contributed by atoms with E-state index in [1.54, 1.807) is 12.1 Å². The lowest BCUT2D eigenvalue weighted by Gasteiger charge is -2.04. The molecule has 0 aliphatic rings. The number of nitrogens with two attached hydrogens (primary N) is 1. The van der Waals surface area contributed by atoms with E-state index in [2.05, 4.69) is 5.43 Å². The lowest BCUT2D eigenvalue weighted by molar-refractivity contribution is 0.112. The van der Waals surface area contributed by atoms with Gasteiger partial charge < -0.3 is 5.43 Å². The van der Waals surface area contributed by atoms with Crippen LogP contribution in [0, 0.1) is 0 Å². The normalized spacial score (nSPS) is 9.81. The topological polar surface area (TPSA) is 55.1 Å². The summed E-state index contributed by atoms with van der Waals surface area (Å²) in [7, 11) is 0. The van der Waals surface area contributed by atoms with Gasteiger partial charge in [0.05, 0.1) is 0 Å². The predicted molar refractivity (Wildman–Crippen MR) is 65.1 cm³/mol. The molecular weight excluding hydrogens is 200 g/mol. The first kappa shape index (κ1) is 10.4. The highest BCUT2D eigenvalue weighted by atomic mass is 16.1. The number of aldehydes is 1. The first-order valence-electron chi connectivity index (χ1n) is 4.96. The number of carbonyl (C=O) groups is 1. The molecule has 80 valence electrons. The van der Waals surface area contributed by atoms with Gasteiger partial charge >= 0.3 is 0 Å². The molecule has 0 aromatic heterocycles. The van der Waals surface area contributed by atoms with Gasteiger partial charge in [0.2, 0.25) is 0 Å². The summed E-state index contributed by atoms with van der Waals surface area (Å²) in [4.78, 5) is 10.5. The van der Waals surface area contributed by atoms with Gasteiger partial charge in [-0.3, -0.25) is 10.6 Å². The second kappa shape index (κ2) is 4.59. The first-order chi connectivity index (χ1) is 7.83. The van der Waals surface area contributed by atoms with Crippen molar-refractivity contribution in [3.05, 3.63) is 54.1 Å². The Balaban J connectivity index is 2.31. The van der Waals surface area contributed by atoms with Gasteiger partial charge in [0.1, 0.15) is 6.29 Å². The number of nitrogen functional groups attached to an aromatic ring is 1. The average Bonchev–Trinajstić information content (AvgIpc) is 2.39. The summed E-state index contributed by atoms with van der Waals surface area (Å²) in [5, 5.41) is 0. The van der Waals surface area contributed by atoms with Crippen LogP contribution in [0.2, 0.25) is 0 Å². The van der Waals surface area contributed by atoms with Crippen LogP contribution in [0.15, 0.2) is 48.5 Å². The molecule has 0 atom stereocenters. The number of benzene rings is 2. The van der Waals surface area contributed by atoms with E-state index in [1.807, 2.05) is 36.4 Å². The van der Waals surface area contributed by atoms with E-state index >= 15 is 0 Å². The number of hydrogen-bond acceptors (Lipinski definition) is 3. The second-order valence-electron chi connectivity index (χ2n) is 3.46. The van der Waals surface area contributed by atoms with Gasteiger partial charge in [-0.2, -0.15) is 0 Å². The highest BCUT2D eigenvalue weighted by Gasteiger charge is 1.97. The van der Waals surface area contributed by atoms with Gasteiger partial charge in [0.15, 0.2) is 0 Å². The van der Waals surface area contributed by atoms with Crippen molar-refractivity contribution >= 4 is 12.0 Å². The van der Waals surface area contributed by atoms with Crippen molar-refractivity contribution in [2.24, 2.45) is 5.84 Å². The van der Waals surface area contributed by atoms with Crippen LogP contribution in [0.1, 0.15) is 10.4 Å². The van der Waals surface area contributed by atoms with E-state index in [4.69, 9.17) is 5.84 Å². The van der Waals surface area contributed by atoms with Gasteiger partial charge in [-0.25, -0.2) is 0 Å². The second-order valence-corrected chi connectivity index (χ2v) is 3.46. The summed E-state index contributed by atoms with van der Waals surface area (Å²) in [5.41, 5.74) is 6.30. The van der Waals surface area contributed by atoms with E-state index in [0.717, 1.165) is 23.1 Å². The SMILES string of the molecule is NNc1ccc(-c2ccc(C=O)cc2)cc1. The molecule has 2 aromatic carbocycles. The third-order valence-electron chi connectivity index (χ3n) is 2.43. The molecular formula is C13H12N2O. The zero-order valence-electron chi connectivity index (χ0n) is 8.68. The van der Waals surface area contributed by atoms with Crippen LogP contribution in [0.5, 0.6) is 0 Å². The van der Waals surface area contributed by atoms with Crippen molar-refractivity contribution in [3.8, 4) is 11.1 Å². The fourth-order valence-corrected chi connectivity index (χ4v) is 1.51. The van der Waals surface area contributed by atoms with Crippen LogP contribution >= 0.6 is 0 Å². The fourth-order valence-electron chi connectivity index (χ4n) is 1.51. The van der Waals surface area contributed by atoms with Crippen molar-refractivity contribution in [2.45, 2.75) is 0 Å². The van der Waals surface area contributed by atoms with Crippen molar-refractivity contribution in [3.63, 3.8) is 0 Å². The molecule has 0 bridgehead atoms. The Morgan fingerprint density at radius 2 is 1.38 bits per heavy atom. The van der Waals surface area contributed by atoms with E-state index < -0.39 is 0 Å². The molecule has 2 aromatic rings. The Bertz CT molecular complexity index is 474. The molecule has 0 fully saturated rings. The highest BCUT2D eigenvalue weighted by Crippen LogP contribution is 2.21. The molecule has 0 unspecified atom stereocenters. The maximum absolute atomic E-state index is 10.5. The largest absolute Gasteiger partial charge is 0.324 e. The molecule has 16 heavy (non-hydrogen) atoms. The Morgan fingerprint density at radius 3 is 1.81 bits per heavy atom. The zero-order chi connectivity index (χ0) is 11.4.